The summed E-state index contributed by atoms with van der Waals surface area (Å²) in [6.45, 7) is -0.104. The highest BCUT2D eigenvalue weighted by Crippen LogP contribution is 2.30. The van der Waals surface area contributed by atoms with E-state index in [4.69, 9.17) is 17.3 Å². The maximum absolute atomic E-state index is 11.7. The molecule has 0 fully saturated rings. The van der Waals surface area contributed by atoms with Crippen molar-refractivity contribution in [1.82, 2.24) is 5.32 Å². The van der Waals surface area contributed by atoms with Gasteiger partial charge in [-0.25, -0.2) is 8.42 Å². The molecule has 1 aromatic carbocycles. The second-order valence-corrected chi connectivity index (χ2v) is 6.70. The van der Waals surface area contributed by atoms with Crippen molar-refractivity contribution >= 4 is 38.7 Å². The number of nitrogens with zero attached hydrogens (tertiary/aromatic N) is 1. The molecule has 20 heavy (non-hydrogen) atoms. The van der Waals surface area contributed by atoms with Crippen LogP contribution in [0.2, 0.25) is 5.02 Å². The van der Waals surface area contributed by atoms with Gasteiger partial charge in [-0.05, 0) is 6.07 Å². The summed E-state index contributed by atoms with van der Waals surface area (Å²) < 4.78 is 21.8. The minimum Gasteiger partial charge on any atom is -0.392 e. The Bertz CT molecular complexity index is 659. The minimum atomic E-state index is -3.21. The van der Waals surface area contributed by atoms with E-state index >= 15 is 0 Å². The predicted molar refractivity (Wildman–Crippen MR) is 74.6 cm³/mol. The van der Waals surface area contributed by atoms with Gasteiger partial charge in [0.15, 0.2) is 0 Å². The summed E-state index contributed by atoms with van der Waals surface area (Å²) in [5.74, 6) is -0.901. The number of nitrogen functional groups attached to an aromatic ring is 1. The van der Waals surface area contributed by atoms with E-state index in [-0.39, 0.29) is 28.6 Å². The number of rotatable bonds is 5. The fourth-order valence-electron chi connectivity index (χ4n) is 1.34. The second-order valence-electron chi connectivity index (χ2n) is 4.03. The first-order chi connectivity index (χ1) is 9.11. The first kappa shape index (κ1) is 16.2. The van der Waals surface area contributed by atoms with Gasteiger partial charge in [-0.3, -0.25) is 14.9 Å². The minimum absolute atomic E-state index is 0.0654. The number of amides is 1. The molecule has 8 nitrogen and oxygen atoms in total. The van der Waals surface area contributed by atoms with Crippen molar-refractivity contribution in [2.24, 2.45) is 0 Å². The molecule has 0 saturated heterocycles. The largest absolute Gasteiger partial charge is 0.392 e. The lowest BCUT2D eigenvalue weighted by Gasteiger charge is -2.06. The summed E-state index contributed by atoms with van der Waals surface area (Å²) in [7, 11) is -3.21. The van der Waals surface area contributed by atoms with Gasteiger partial charge < -0.3 is 11.1 Å². The summed E-state index contributed by atoms with van der Waals surface area (Å²) >= 11 is 5.71. The highest BCUT2D eigenvalue weighted by Gasteiger charge is 2.19. The van der Waals surface area contributed by atoms with Crippen molar-refractivity contribution in [3.8, 4) is 0 Å². The lowest BCUT2D eigenvalue weighted by Crippen LogP contribution is -2.28. The van der Waals surface area contributed by atoms with Crippen LogP contribution in [0.25, 0.3) is 0 Å². The van der Waals surface area contributed by atoms with E-state index in [9.17, 15) is 23.3 Å². The number of nitro groups is 1. The molecule has 0 spiro atoms. The summed E-state index contributed by atoms with van der Waals surface area (Å²) in [5, 5.41) is 13.0. The molecule has 1 aromatic rings. The molecular weight excluding hydrogens is 310 g/mol. The summed E-state index contributed by atoms with van der Waals surface area (Å²) in [6.07, 6.45) is 1.03. The molecule has 0 aromatic heterocycles. The lowest BCUT2D eigenvalue weighted by molar-refractivity contribution is -0.383. The van der Waals surface area contributed by atoms with Crippen molar-refractivity contribution < 1.29 is 18.1 Å². The van der Waals surface area contributed by atoms with Crippen molar-refractivity contribution in [1.29, 1.82) is 0 Å². The maximum Gasteiger partial charge on any atom is 0.294 e. The van der Waals surface area contributed by atoms with Crippen LogP contribution in [0, 0.1) is 10.1 Å². The zero-order valence-electron chi connectivity index (χ0n) is 10.4. The Morgan fingerprint density at radius 3 is 2.60 bits per heavy atom. The molecule has 3 N–H and O–H groups in total. The molecule has 10 heteroatoms. The number of carbonyl (C=O) groups is 1. The number of nitro benzene ring substituents is 1. The molecule has 0 unspecified atom stereocenters. The number of hydrogen-bond acceptors (Lipinski definition) is 6. The molecule has 0 radical (unpaired) electrons. The quantitative estimate of drug-likeness (QED) is 0.463. The smallest absolute Gasteiger partial charge is 0.294 e. The van der Waals surface area contributed by atoms with Crippen molar-refractivity contribution in [2.75, 3.05) is 24.3 Å². The highest BCUT2D eigenvalue weighted by atomic mass is 35.5. The van der Waals surface area contributed by atoms with Gasteiger partial charge in [0, 0.05) is 24.4 Å². The van der Waals surface area contributed by atoms with Gasteiger partial charge in [-0.2, -0.15) is 0 Å². The molecule has 110 valence electrons. The number of benzene rings is 1. The van der Waals surface area contributed by atoms with Crippen LogP contribution < -0.4 is 11.1 Å². The summed E-state index contributed by atoms with van der Waals surface area (Å²) in [4.78, 5) is 21.7. The van der Waals surface area contributed by atoms with Gasteiger partial charge in [-0.15, -0.1) is 0 Å². The van der Waals surface area contributed by atoms with Crippen LogP contribution >= 0.6 is 11.6 Å². The number of hydrogen-bond donors (Lipinski definition) is 2. The van der Waals surface area contributed by atoms with Gasteiger partial charge >= 0.3 is 0 Å². The third-order valence-corrected chi connectivity index (χ3v) is 3.58. The molecule has 0 aliphatic rings. The third kappa shape index (κ3) is 4.35. The molecular formula is C10H12ClN3O5S. The van der Waals surface area contributed by atoms with Gasteiger partial charge in [-0.1, -0.05) is 11.6 Å². The van der Waals surface area contributed by atoms with Crippen molar-refractivity contribution in [3.05, 3.63) is 32.8 Å². The second kappa shape index (κ2) is 6.06. The predicted octanol–water partition coefficient (Wildman–Crippen LogP) is 0.605. The third-order valence-electron chi connectivity index (χ3n) is 2.32. The number of halogens is 1. The van der Waals surface area contributed by atoms with E-state index in [0.717, 1.165) is 12.3 Å². The molecule has 0 atom stereocenters. The average Bonchev–Trinajstić information content (AvgIpc) is 2.30. The Balaban J connectivity index is 2.91. The fourth-order valence-corrected chi connectivity index (χ4v) is 2.02. The van der Waals surface area contributed by atoms with E-state index in [1.807, 2.05) is 0 Å². The van der Waals surface area contributed by atoms with Crippen molar-refractivity contribution in [2.45, 2.75) is 0 Å². The maximum atomic E-state index is 11.7. The average molecular weight is 322 g/mol. The molecule has 0 saturated carbocycles. The van der Waals surface area contributed by atoms with Gasteiger partial charge in [0.05, 0.1) is 15.7 Å². The van der Waals surface area contributed by atoms with Gasteiger partial charge in [0.25, 0.3) is 11.6 Å². The Labute approximate surface area is 120 Å². The van der Waals surface area contributed by atoms with Crippen LogP contribution in [0.1, 0.15) is 10.4 Å². The standard InChI is InChI=1S/C10H12ClN3O5S/c1-20(18,19)3-2-13-10(15)6-4-7(11)9(12)8(5-6)14(16)17/h4-5H,2-3,12H2,1H3,(H,13,15). The van der Waals surface area contributed by atoms with Crippen LogP contribution in [0.4, 0.5) is 11.4 Å². The summed E-state index contributed by atoms with van der Waals surface area (Å²) in [6, 6.07) is 2.16. The zero-order chi connectivity index (χ0) is 15.5. The van der Waals surface area contributed by atoms with Crippen molar-refractivity contribution in [3.63, 3.8) is 0 Å². The van der Waals surface area contributed by atoms with E-state index in [1.165, 1.54) is 6.07 Å². The molecule has 1 amide bonds. The van der Waals surface area contributed by atoms with Crippen LogP contribution in [-0.4, -0.2) is 37.8 Å². The van der Waals surface area contributed by atoms with Gasteiger partial charge in [0.2, 0.25) is 0 Å². The van der Waals surface area contributed by atoms with Crippen LogP contribution in [0.5, 0.6) is 0 Å². The molecule has 0 heterocycles. The number of nitrogens with one attached hydrogen (secondary N) is 1. The normalized spacial score (nSPS) is 11.1. The van der Waals surface area contributed by atoms with Crippen LogP contribution in [0.15, 0.2) is 12.1 Å². The summed E-state index contributed by atoms with van der Waals surface area (Å²) in [5.41, 5.74) is 4.65. The van der Waals surface area contributed by atoms with Crippen LogP contribution in [-0.2, 0) is 9.84 Å². The monoisotopic (exact) mass is 321 g/mol. The number of carbonyl (C=O) groups excluding carboxylic acids is 1. The SMILES string of the molecule is CS(=O)(=O)CCNC(=O)c1cc(Cl)c(N)c([N+](=O)[O-])c1. The highest BCUT2D eigenvalue weighted by molar-refractivity contribution is 7.90. The first-order valence-electron chi connectivity index (χ1n) is 5.31. The Morgan fingerprint density at radius 2 is 2.10 bits per heavy atom. The molecule has 0 aliphatic heterocycles. The fraction of sp³-hybridized carbons (Fsp3) is 0.300. The number of anilines is 1. The Kier molecular flexibility index (Phi) is 4.90. The first-order valence-corrected chi connectivity index (χ1v) is 7.75. The van der Waals surface area contributed by atoms with Gasteiger partial charge in [0.1, 0.15) is 15.5 Å². The molecule has 0 bridgehead atoms. The Hall–Kier alpha value is -1.87. The van der Waals surface area contributed by atoms with Crippen LogP contribution in [0.3, 0.4) is 0 Å². The zero-order valence-corrected chi connectivity index (χ0v) is 12.0. The van der Waals surface area contributed by atoms with E-state index < -0.39 is 26.4 Å². The van der Waals surface area contributed by atoms with E-state index in [1.54, 1.807) is 0 Å². The van der Waals surface area contributed by atoms with E-state index in [2.05, 4.69) is 5.32 Å². The lowest BCUT2D eigenvalue weighted by atomic mass is 10.1. The van der Waals surface area contributed by atoms with E-state index in [0.29, 0.717) is 0 Å². The Morgan fingerprint density at radius 1 is 1.50 bits per heavy atom. The number of sulfone groups is 1. The topological polar surface area (TPSA) is 132 Å². The molecule has 0 aliphatic carbocycles. The molecule has 1 rings (SSSR count). The number of nitrogens with two attached hydrogens (primary N) is 1.